The number of likely N-dealkylation sites (tertiary alicyclic amines) is 1. The minimum absolute atomic E-state index is 0.0706. The zero-order chi connectivity index (χ0) is 14.5. The Morgan fingerprint density at radius 2 is 2.35 bits per heavy atom. The molecule has 0 aliphatic carbocycles. The molecule has 4 nitrogen and oxygen atoms in total. The van der Waals surface area contributed by atoms with E-state index in [9.17, 15) is 4.79 Å². The van der Waals surface area contributed by atoms with E-state index < -0.39 is 0 Å². The summed E-state index contributed by atoms with van der Waals surface area (Å²) in [6.07, 6.45) is 2.71. The van der Waals surface area contributed by atoms with Crippen LogP contribution < -0.4 is 10.5 Å². The topological polar surface area (TPSA) is 55.6 Å². The zero-order valence-corrected chi connectivity index (χ0v) is 12.1. The summed E-state index contributed by atoms with van der Waals surface area (Å²) in [7, 11) is 1.64. The molecular formula is C16H22N2O2. The molecule has 0 radical (unpaired) electrons. The standard InChI is InChI=1S/C16H22N2O2/c1-12(14-4-3-5-15(9-14)20-2)8-16(19)18-7-6-13(10-17)11-18/h3-5,8-9,13H,6-7,10-11,17H2,1-2H3/b12-8+. The summed E-state index contributed by atoms with van der Waals surface area (Å²) in [5.74, 6) is 1.32. The lowest BCUT2D eigenvalue weighted by molar-refractivity contribution is -0.125. The van der Waals surface area contributed by atoms with Gasteiger partial charge in [0.05, 0.1) is 7.11 Å². The third-order valence-corrected chi connectivity index (χ3v) is 3.80. The van der Waals surface area contributed by atoms with Crippen LogP contribution in [0, 0.1) is 5.92 Å². The lowest BCUT2D eigenvalue weighted by Crippen LogP contribution is -2.28. The van der Waals surface area contributed by atoms with Crippen molar-refractivity contribution in [1.29, 1.82) is 0 Å². The van der Waals surface area contributed by atoms with Crippen molar-refractivity contribution in [2.24, 2.45) is 11.7 Å². The van der Waals surface area contributed by atoms with Gasteiger partial charge in [-0.2, -0.15) is 0 Å². The summed E-state index contributed by atoms with van der Waals surface area (Å²) in [6.45, 7) is 4.19. The van der Waals surface area contributed by atoms with Gasteiger partial charge in [0.1, 0.15) is 5.75 Å². The Kier molecular flexibility index (Phi) is 4.79. The fraction of sp³-hybridized carbons (Fsp3) is 0.438. The third kappa shape index (κ3) is 3.39. The number of ether oxygens (including phenoxy) is 1. The van der Waals surface area contributed by atoms with Crippen molar-refractivity contribution < 1.29 is 9.53 Å². The molecule has 1 aromatic rings. The number of hydrogen-bond donors (Lipinski definition) is 1. The van der Waals surface area contributed by atoms with Crippen molar-refractivity contribution in [3.63, 3.8) is 0 Å². The van der Waals surface area contributed by atoms with Crippen LogP contribution in [0.5, 0.6) is 5.75 Å². The van der Waals surface area contributed by atoms with E-state index in [0.717, 1.165) is 36.4 Å². The molecule has 1 fully saturated rings. The first-order chi connectivity index (χ1) is 9.63. The largest absolute Gasteiger partial charge is 0.497 e. The summed E-state index contributed by atoms with van der Waals surface area (Å²) in [5, 5.41) is 0. The second-order valence-electron chi connectivity index (χ2n) is 5.23. The second-order valence-corrected chi connectivity index (χ2v) is 5.23. The first-order valence-electron chi connectivity index (χ1n) is 6.95. The van der Waals surface area contributed by atoms with Crippen LogP contribution in [0.25, 0.3) is 5.57 Å². The number of methoxy groups -OCH3 is 1. The van der Waals surface area contributed by atoms with E-state index in [0.29, 0.717) is 12.5 Å². The van der Waals surface area contributed by atoms with Crippen LogP contribution in [-0.4, -0.2) is 37.6 Å². The maximum absolute atomic E-state index is 12.2. The van der Waals surface area contributed by atoms with Crippen LogP contribution in [0.3, 0.4) is 0 Å². The van der Waals surface area contributed by atoms with E-state index in [1.807, 2.05) is 36.1 Å². The van der Waals surface area contributed by atoms with Crippen LogP contribution in [0.4, 0.5) is 0 Å². The minimum atomic E-state index is 0.0706. The van der Waals surface area contributed by atoms with Gasteiger partial charge in [-0.1, -0.05) is 12.1 Å². The smallest absolute Gasteiger partial charge is 0.246 e. The van der Waals surface area contributed by atoms with Gasteiger partial charge in [-0.25, -0.2) is 0 Å². The van der Waals surface area contributed by atoms with Gasteiger partial charge in [0.25, 0.3) is 0 Å². The van der Waals surface area contributed by atoms with E-state index in [2.05, 4.69) is 0 Å². The number of allylic oxidation sites excluding steroid dienone is 1. The van der Waals surface area contributed by atoms with Gasteiger partial charge in [-0.05, 0) is 49.1 Å². The van der Waals surface area contributed by atoms with Crippen molar-refractivity contribution in [3.8, 4) is 5.75 Å². The number of benzene rings is 1. The number of hydrogen-bond acceptors (Lipinski definition) is 3. The molecule has 108 valence electrons. The average Bonchev–Trinajstić information content (AvgIpc) is 2.96. The predicted molar refractivity (Wildman–Crippen MR) is 80.4 cm³/mol. The highest BCUT2D eigenvalue weighted by atomic mass is 16.5. The number of carbonyl (C=O) groups is 1. The lowest BCUT2D eigenvalue weighted by Gasteiger charge is -2.14. The van der Waals surface area contributed by atoms with Crippen molar-refractivity contribution in [1.82, 2.24) is 4.90 Å². The number of nitrogens with zero attached hydrogens (tertiary/aromatic N) is 1. The van der Waals surface area contributed by atoms with Crippen LogP contribution in [0.2, 0.25) is 0 Å². The molecule has 1 atom stereocenters. The molecule has 1 aliphatic heterocycles. The molecule has 0 saturated carbocycles. The Morgan fingerprint density at radius 3 is 3.00 bits per heavy atom. The molecule has 2 rings (SSSR count). The summed E-state index contributed by atoms with van der Waals surface area (Å²) >= 11 is 0. The van der Waals surface area contributed by atoms with Gasteiger partial charge in [0.15, 0.2) is 0 Å². The van der Waals surface area contributed by atoms with Crippen molar-refractivity contribution in [2.45, 2.75) is 13.3 Å². The maximum atomic E-state index is 12.2. The monoisotopic (exact) mass is 274 g/mol. The Labute approximate surface area is 120 Å². The maximum Gasteiger partial charge on any atom is 0.246 e. The van der Waals surface area contributed by atoms with Gasteiger partial charge in [-0.3, -0.25) is 4.79 Å². The van der Waals surface area contributed by atoms with E-state index >= 15 is 0 Å². The molecule has 1 aromatic carbocycles. The SMILES string of the molecule is COc1cccc(/C(C)=C/C(=O)N2CCC(CN)C2)c1. The van der Waals surface area contributed by atoms with Gasteiger partial charge >= 0.3 is 0 Å². The van der Waals surface area contributed by atoms with Gasteiger partial charge in [-0.15, -0.1) is 0 Å². The summed E-state index contributed by atoms with van der Waals surface area (Å²) < 4.78 is 5.20. The Bertz CT molecular complexity index is 511. The van der Waals surface area contributed by atoms with Crippen molar-refractivity contribution >= 4 is 11.5 Å². The van der Waals surface area contributed by atoms with Crippen LogP contribution in [-0.2, 0) is 4.79 Å². The lowest BCUT2D eigenvalue weighted by atomic mass is 10.1. The number of amides is 1. The third-order valence-electron chi connectivity index (χ3n) is 3.80. The van der Waals surface area contributed by atoms with Gasteiger partial charge < -0.3 is 15.4 Å². The molecular weight excluding hydrogens is 252 g/mol. The Morgan fingerprint density at radius 1 is 1.55 bits per heavy atom. The molecule has 1 saturated heterocycles. The predicted octanol–water partition coefficient (Wildman–Crippen LogP) is 1.91. The molecule has 2 N–H and O–H groups in total. The zero-order valence-electron chi connectivity index (χ0n) is 12.1. The van der Waals surface area contributed by atoms with Crippen LogP contribution in [0.15, 0.2) is 30.3 Å². The number of rotatable bonds is 4. The minimum Gasteiger partial charge on any atom is -0.497 e. The van der Waals surface area contributed by atoms with E-state index in [-0.39, 0.29) is 5.91 Å². The molecule has 0 aromatic heterocycles. The first-order valence-corrected chi connectivity index (χ1v) is 6.95. The molecule has 20 heavy (non-hydrogen) atoms. The van der Waals surface area contributed by atoms with Crippen molar-refractivity contribution in [3.05, 3.63) is 35.9 Å². The highest BCUT2D eigenvalue weighted by Gasteiger charge is 2.24. The van der Waals surface area contributed by atoms with Gasteiger partial charge in [0, 0.05) is 19.2 Å². The van der Waals surface area contributed by atoms with Gasteiger partial charge in [0.2, 0.25) is 5.91 Å². The first kappa shape index (κ1) is 14.6. The molecule has 1 heterocycles. The fourth-order valence-corrected chi connectivity index (χ4v) is 2.45. The number of nitrogens with two attached hydrogens (primary N) is 1. The quantitative estimate of drug-likeness (QED) is 0.853. The Hall–Kier alpha value is -1.81. The second kappa shape index (κ2) is 6.57. The fourth-order valence-electron chi connectivity index (χ4n) is 2.45. The average molecular weight is 274 g/mol. The highest BCUT2D eigenvalue weighted by Crippen LogP contribution is 2.21. The highest BCUT2D eigenvalue weighted by molar-refractivity contribution is 5.95. The summed E-state index contributed by atoms with van der Waals surface area (Å²) in [4.78, 5) is 14.1. The van der Waals surface area contributed by atoms with E-state index in [1.54, 1.807) is 13.2 Å². The molecule has 4 heteroatoms. The molecule has 0 bridgehead atoms. The Balaban J connectivity index is 2.07. The van der Waals surface area contributed by atoms with Crippen LogP contribution >= 0.6 is 0 Å². The number of carbonyl (C=O) groups excluding carboxylic acids is 1. The molecule has 1 aliphatic rings. The van der Waals surface area contributed by atoms with Crippen molar-refractivity contribution in [2.75, 3.05) is 26.7 Å². The van der Waals surface area contributed by atoms with Crippen LogP contribution in [0.1, 0.15) is 18.9 Å². The normalized spacial score (nSPS) is 19.2. The van der Waals surface area contributed by atoms with E-state index in [4.69, 9.17) is 10.5 Å². The molecule has 1 amide bonds. The molecule has 1 unspecified atom stereocenters. The summed E-state index contributed by atoms with van der Waals surface area (Å²) in [5.41, 5.74) is 7.61. The van der Waals surface area contributed by atoms with E-state index in [1.165, 1.54) is 0 Å². The summed E-state index contributed by atoms with van der Waals surface area (Å²) in [6, 6.07) is 7.74. The molecule has 0 spiro atoms.